The molecule has 38 heavy (non-hydrogen) atoms. The lowest BCUT2D eigenvalue weighted by molar-refractivity contribution is 0.0663. The van der Waals surface area contributed by atoms with Crippen molar-refractivity contribution in [3.63, 3.8) is 0 Å². The quantitative estimate of drug-likeness (QED) is 0.347. The van der Waals surface area contributed by atoms with E-state index in [-0.39, 0.29) is 17.9 Å². The summed E-state index contributed by atoms with van der Waals surface area (Å²) in [6.45, 7) is 6.86. The third-order valence-electron chi connectivity index (χ3n) is 7.09. The van der Waals surface area contributed by atoms with E-state index in [1.54, 1.807) is 50.9 Å². The molecule has 2 N–H and O–H groups in total. The van der Waals surface area contributed by atoms with Crippen molar-refractivity contribution >= 4 is 34.1 Å². The highest BCUT2D eigenvalue weighted by molar-refractivity contribution is 6.34. The van der Waals surface area contributed by atoms with Gasteiger partial charge >= 0.3 is 0 Å². The van der Waals surface area contributed by atoms with E-state index < -0.39 is 5.60 Å². The maximum absolute atomic E-state index is 13.0. The Balaban J connectivity index is 1.38. The molecule has 0 bridgehead atoms. The average Bonchev–Trinajstić information content (AvgIpc) is 2.94. The number of carbonyl (C=O) groups excluding carboxylic acids is 1. The number of fused-ring (bicyclic) bond motifs is 1. The Hall–Kier alpha value is -3.62. The summed E-state index contributed by atoms with van der Waals surface area (Å²) in [4.78, 5) is 32.2. The van der Waals surface area contributed by atoms with E-state index in [4.69, 9.17) is 11.6 Å². The number of piperidine rings is 1. The molecule has 4 aromatic rings. The van der Waals surface area contributed by atoms with Crippen molar-refractivity contribution in [2.75, 3.05) is 18.4 Å². The number of carbonyl (C=O) groups is 1. The van der Waals surface area contributed by atoms with E-state index in [1.165, 1.54) is 0 Å². The van der Waals surface area contributed by atoms with Crippen molar-refractivity contribution in [2.24, 2.45) is 5.92 Å². The predicted octanol–water partition coefficient (Wildman–Crippen LogP) is 5.32. The highest BCUT2D eigenvalue weighted by atomic mass is 35.5. The molecule has 1 aliphatic rings. The van der Waals surface area contributed by atoms with E-state index >= 15 is 0 Å². The molecule has 1 amide bonds. The van der Waals surface area contributed by atoms with Gasteiger partial charge in [-0.1, -0.05) is 17.7 Å². The van der Waals surface area contributed by atoms with Gasteiger partial charge in [0, 0.05) is 61.1 Å². The largest absolute Gasteiger partial charge is 0.382 e. The lowest BCUT2D eigenvalue weighted by atomic mass is 9.91. The average molecular weight is 531 g/mol. The molecule has 1 unspecified atom stereocenters. The van der Waals surface area contributed by atoms with Crippen LogP contribution >= 0.6 is 11.6 Å². The van der Waals surface area contributed by atoms with Crippen molar-refractivity contribution in [3.8, 4) is 11.1 Å². The minimum atomic E-state index is -1.11. The van der Waals surface area contributed by atoms with Crippen LogP contribution in [0.25, 0.3) is 22.0 Å². The topological polar surface area (TPSA) is 104 Å². The zero-order chi connectivity index (χ0) is 26.9. The summed E-state index contributed by atoms with van der Waals surface area (Å²) in [6, 6.07) is 9.63. The lowest BCUT2D eigenvalue weighted by Gasteiger charge is -2.36. The Kier molecular flexibility index (Phi) is 7.27. The third kappa shape index (κ3) is 5.47. The summed E-state index contributed by atoms with van der Waals surface area (Å²) in [6.07, 6.45) is 10.3. The highest BCUT2D eigenvalue weighted by Gasteiger charge is 2.29. The van der Waals surface area contributed by atoms with Crippen molar-refractivity contribution in [1.82, 2.24) is 24.8 Å². The molecule has 0 aliphatic carbocycles. The van der Waals surface area contributed by atoms with Gasteiger partial charge in [0.2, 0.25) is 0 Å². The summed E-state index contributed by atoms with van der Waals surface area (Å²) in [7, 11) is 0. The molecule has 5 rings (SSSR count). The van der Waals surface area contributed by atoms with Crippen LogP contribution in [-0.2, 0) is 5.60 Å². The van der Waals surface area contributed by atoms with E-state index in [0.29, 0.717) is 23.0 Å². The zero-order valence-electron chi connectivity index (χ0n) is 21.7. The summed E-state index contributed by atoms with van der Waals surface area (Å²) in [5.41, 5.74) is 2.89. The summed E-state index contributed by atoms with van der Waals surface area (Å²) in [5, 5.41) is 15.2. The molecule has 1 aromatic carbocycles. The van der Waals surface area contributed by atoms with Gasteiger partial charge in [0.15, 0.2) is 5.82 Å². The predicted molar refractivity (Wildman–Crippen MR) is 149 cm³/mol. The summed E-state index contributed by atoms with van der Waals surface area (Å²) in [5.74, 6) is 0.644. The molecule has 0 spiro atoms. The van der Waals surface area contributed by atoms with Gasteiger partial charge in [-0.3, -0.25) is 14.8 Å². The first-order chi connectivity index (χ1) is 18.2. The van der Waals surface area contributed by atoms with Gasteiger partial charge in [0.1, 0.15) is 5.60 Å². The zero-order valence-corrected chi connectivity index (χ0v) is 22.5. The first-order valence-electron chi connectivity index (χ1n) is 12.8. The molecule has 1 fully saturated rings. The molecule has 8 nitrogen and oxygen atoms in total. The second-order valence-electron chi connectivity index (χ2n) is 10.4. The Bertz CT molecular complexity index is 1440. The van der Waals surface area contributed by atoms with Gasteiger partial charge in [0.25, 0.3) is 5.91 Å². The number of aliphatic hydroxyl groups is 1. The molecular formula is C29H31ClN6O2. The number of likely N-dealkylation sites (tertiary alicyclic amines) is 1. The number of amides is 1. The van der Waals surface area contributed by atoms with E-state index in [1.807, 2.05) is 29.2 Å². The molecule has 9 heteroatoms. The van der Waals surface area contributed by atoms with Gasteiger partial charge in [0.05, 0.1) is 21.8 Å². The maximum Gasteiger partial charge on any atom is 0.255 e. The van der Waals surface area contributed by atoms with Gasteiger partial charge in [-0.25, -0.2) is 9.97 Å². The number of nitrogens with one attached hydrogen (secondary N) is 1. The normalized spacial score (nSPS) is 16.9. The third-order valence-corrected chi connectivity index (χ3v) is 7.37. The van der Waals surface area contributed by atoms with Crippen LogP contribution in [0.2, 0.25) is 5.02 Å². The Labute approximate surface area is 227 Å². The van der Waals surface area contributed by atoms with Gasteiger partial charge in [-0.15, -0.1) is 0 Å². The molecule has 0 radical (unpaired) electrons. The van der Waals surface area contributed by atoms with Gasteiger partial charge in [-0.05, 0) is 69.4 Å². The Morgan fingerprint density at radius 3 is 2.63 bits per heavy atom. The smallest absolute Gasteiger partial charge is 0.255 e. The lowest BCUT2D eigenvalue weighted by Crippen LogP contribution is -2.44. The summed E-state index contributed by atoms with van der Waals surface area (Å²) < 4.78 is 0. The van der Waals surface area contributed by atoms with E-state index in [9.17, 15) is 9.90 Å². The SMILES string of the molecule is CC(Nc1c(Cl)cnc2ccc(-c3cnc(C(C)(C)O)nc3)cc12)[C@H]1CCCN(C(=O)c2cccnc2)C1. The number of nitrogens with zero attached hydrogens (tertiary/aromatic N) is 5. The fourth-order valence-corrected chi connectivity index (χ4v) is 5.11. The first-order valence-corrected chi connectivity index (χ1v) is 13.2. The number of rotatable bonds is 6. The number of pyridine rings is 2. The van der Waals surface area contributed by atoms with Crippen LogP contribution in [0.4, 0.5) is 5.69 Å². The van der Waals surface area contributed by atoms with Crippen LogP contribution in [0.3, 0.4) is 0 Å². The fourth-order valence-electron chi connectivity index (χ4n) is 4.91. The highest BCUT2D eigenvalue weighted by Crippen LogP contribution is 2.35. The fraction of sp³-hybridized carbons (Fsp3) is 0.345. The first kappa shape index (κ1) is 26.0. The van der Waals surface area contributed by atoms with Crippen LogP contribution in [0, 0.1) is 5.92 Å². The number of halogens is 1. The van der Waals surface area contributed by atoms with Gasteiger partial charge < -0.3 is 15.3 Å². The standard InChI is InChI=1S/C29H31ClN6O2/c1-18(21-7-5-11-36(17-21)27(37)20-6-4-10-31-13-20)35-26-23-12-19(8-9-25(23)32-16-24(26)30)22-14-33-28(34-15-22)29(2,3)38/h4,6,8-10,12-16,18,21,38H,5,7,11,17H2,1-3H3,(H,32,35)/t18?,21-/m0/s1. The van der Waals surface area contributed by atoms with Crippen molar-refractivity contribution < 1.29 is 9.90 Å². The number of hydrogen-bond donors (Lipinski definition) is 2. The maximum atomic E-state index is 13.0. The molecule has 0 saturated carbocycles. The van der Waals surface area contributed by atoms with Crippen molar-refractivity contribution in [2.45, 2.75) is 45.3 Å². The van der Waals surface area contributed by atoms with Crippen LogP contribution in [0.15, 0.2) is 61.3 Å². The Morgan fingerprint density at radius 1 is 1.13 bits per heavy atom. The van der Waals surface area contributed by atoms with Crippen LogP contribution in [0.1, 0.15) is 49.8 Å². The van der Waals surface area contributed by atoms with Crippen molar-refractivity contribution in [1.29, 1.82) is 0 Å². The molecule has 196 valence electrons. The molecule has 1 saturated heterocycles. The van der Waals surface area contributed by atoms with E-state index in [2.05, 4.69) is 32.2 Å². The second-order valence-corrected chi connectivity index (χ2v) is 10.8. The number of aromatic nitrogens is 4. The monoisotopic (exact) mass is 530 g/mol. The van der Waals surface area contributed by atoms with Crippen LogP contribution in [0.5, 0.6) is 0 Å². The summed E-state index contributed by atoms with van der Waals surface area (Å²) >= 11 is 6.67. The minimum Gasteiger partial charge on any atom is -0.382 e. The molecule has 4 heterocycles. The van der Waals surface area contributed by atoms with Gasteiger partial charge in [-0.2, -0.15) is 0 Å². The van der Waals surface area contributed by atoms with Crippen LogP contribution < -0.4 is 5.32 Å². The van der Waals surface area contributed by atoms with Crippen molar-refractivity contribution in [3.05, 3.63) is 77.7 Å². The second kappa shape index (κ2) is 10.6. The number of benzene rings is 1. The van der Waals surface area contributed by atoms with Crippen LogP contribution in [-0.4, -0.2) is 55.0 Å². The molecule has 3 aromatic heterocycles. The molecule has 2 atom stereocenters. The van der Waals surface area contributed by atoms with E-state index in [0.717, 1.165) is 47.1 Å². The Morgan fingerprint density at radius 2 is 1.92 bits per heavy atom. The minimum absolute atomic E-state index is 0.0184. The molecule has 1 aliphatic heterocycles. The number of anilines is 1. The molecular weight excluding hydrogens is 500 g/mol. The number of hydrogen-bond acceptors (Lipinski definition) is 7.